The molecular weight excluding hydrogens is 529 g/mol. The number of carbonyl (C=O) groups excluding carboxylic acids is 1. The number of nitrogens with one attached hydrogen (secondary N) is 1. The number of aromatic nitrogens is 2. The molecule has 1 amide bonds. The van der Waals surface area contributed by atoms with Crippen molar-refractivity contribution in [2.24, 2.45) is 0 Å². The van der Waals surface area contributed by atoms with E-state index in [1.807, 2.05) is 72.8 Å². The van der Waals surface area contributed by atoms with Crippen LogP contribution in [0.25, 0.3) is 11.3 Å². The van der Waals surface area contributed by atoms with Crippen LogP contribution < -0.4 is 9.47 Å². The van der Waals surface area contributed by atoms with Crippen LogP contribution in [-0.2, 0) is 13.2 Å². The molecule has 2 heterocycles. The van der Waals surface area contributed by atoms with Gasteiger partial charge in [-0.15, -0.1) is 0 Å². The van der Waals surface area contributed by atoms with E-state index in [4.69, 9.17) is 21.1 Å². The van der Waals surface area contributed by atoms with E-state index < -0.39 is 6.04 Å². The number of aromatic amines is 1. The summed E-state index contributed by atoms with van der Waals surface area (Å²) < 4.78 is 24.9. The normalized spacial score (nSPS) is 14.3. The number of methoxy groups -OCH3 is 1. The Morgan fingerprint density at radius 1 is 0.925 bits per heavy atom. The zero-order valence-corrected chi connectivity index (χ0v) is 22.4. The minimum Gasteiger partial charge on any atom is -0.497 e. The standard InChI is InChI=1S/C32H25ClFN3O3/c1-39-25-14-8-21(9-15-25)29-28-30(36-35-29)32(38)37(18-20-6-12-24(34)13-7-20)31(28)22-10-16-26(17-11-22)40-19-23-4-2-3-5-27(23)33/h2-17,31H,18-19H2,1H3,(H,35,36). The first-order chi connectivity index (χ1) is 19.5. The van der Waals surface area contributed by atoms with Crippen molar-refractivity contribution in [2.75, 3.05) is 7.11 Å². The summed E-state index contributed by atoms with van der Waals surface area (Å²) in [6.07, 6.45) is 0. The number of amides is 1. The van der Waals surface area contributed by atoms with Crippen LogP contribution in [0, 0.1) is 5.82 Å². The quantitative estimate of drug-likeness (QED) is 0.221. The fourth-order valence-electron chi connectivity index (χ4n) is 4.98. The molecule has 40 heavy (non-hydrogen) atoms. The molecule has 4 aromatic carbocycles. The molecule has 1 N–H and O–H groups in total. The van der Waals surface area contributed by atoms with Crippen molar-refractivity contribution in [3.8, 4) is 22.8 Å². The lowest BCUT2D eigenvalue weighted by atomic mass is 9.95. The number of hydrogen-bond acceptors (Lipinski definition) is 4. The van der Waals surface area contributed by atoms with Gasteiger partial charge in [0.1, 0.15) is 29.6 Å². The molecule has 0 fully saturated rings. The third-order valence-corrected chi connectivity index (χ3v) is 7.41. The van der Waals surface area contributed by atoms with Crippen molar-refractivity contribution in [1.29, 1.82) is 0 Å². The van der Waals surface area contributed by atoms with Crippen LogP contribution in [0.5, 0.6) is 11.5 Å². The van der Waals surface area contributed by atoms with E-state index in [-0.39, 0.29) is 11.7 Å². The number of fused-ring (bicyclic) bond motifs is 1. The van der Waals surface area contributed by atoms with Crippen LogP contribution in [0.1, 0.15) is 38.8 Å². The molecule has 0 saturated heterocycles. The molecule has 0 spiro atoms. The van der Waals surface area contributed by atoms with Crippen LogP contribution in [-0.4, -0.2) is 28.1 Å². The molecule has 0 aliphatic carbocycles. The van der Waals surface area contributed by atoms with Gasteiger partial charge < -0.3 is 14.4 Å². The Kier molecular flexibility index (Phi) is 6.97. The molecule has 1 atom stereocenters. The van der Waals surface area contributed by atoms with Gasteiger partial charge in [-0.2, -0.15) is 5.10 Å². The highest BCUT2D eigenvalue weighted by Gasteiger charge is 2.42. The number of benzene rings is 4. The first kappa shape index (κ1) is 25.6. The fourth-order valence-corrected chi connectivity index (χ4v) is 5.17. The summed E-state index contributed by atoms with van der Waals surface area (Å²) >= 11 is 6.27. The van der Waals surface area contributed by atoms with E-state index in [1.165, 1.54) is 12.1 Å². The predicted octanol–water partition coefficient (Wildman–Crippen LogP) is 7.20. The predicted molar refractivity (Wildman–Crippen MR) is 151 cm³/mol. The molecule has 6 nitrogen and oxygen atoms in total. The first-order valence-electron chi connectivity index (χ1n) is 12.8. The molecule has 0 saturated carbocycles. The van der Waals surface area contributed by atoms with E-state index in [1.54, 1.807) is 24.1 Å². The Morgan fingerprint density at radius 3 is 2.33 bits per heavy atom. The second-order valence-corrected chi connectivity index (χ2v) is 9.91. The minimum absolute atomic E-state index is 0.171. The number of hydrogen-bond donors (Lipinski definition) is 1. The van der Waals surface area contributed by atoms with E-state index in [0.29, 0.717) is 35.3 Å². The summed E-state index contributed by atoms with van der Waals surface area (Å²) in [7, 11) is 1.62. The molecule has 5 aromatic rings. The van der Waals surface area contributed by atoms with Crippen LogP contribution >= 0.6 is 11.6 Å². The van der Waals surface area contributed by atoms with Crippen LogP contribution in [0.4, 0.5) is 4.39 Å². The molecule has 1 unspecified atom stereocenters. The Hall–Kier alpha value is -4.62. The summed E-state index contributed by atoms with van der Waals surface area (Å²) in [4.78, 5) is 15.5. The molecule has 6 rings (SSSR count). The Morgan fingerprint density at radius 2 is 1.62 bits per heavy atom. The largest absolute Gasteiger partial charge is 0.497 e. The molecule has 1 aromatic heterocycles. The van der Waals surface area contributed by atoms with E-state index >= 15 is 0 Å². The smallest absolute Gasteiger partial charge is 0.273 e. The van der Waals surface area contributed by atoms with Gasteiger partial charge in [0, 0.05) is 28.3 Å². The van der Waals surface area contributed by atoms with Crippen LogP contribution in [0.15, 0.2) is 97.1 Å². The highest BCUT2D eigenvalue weighted by Crippen LogP contribution is 2.44. The maximum Gasteiger partial charge on any atom is 0.273 e. The summed E-state index contributed by atoms with van der Waals surface area (Å²) in [5, 5.41) is 8.16. The van der Waals surface area contributed by atoms with Gasteiger partial charge in [0.15, 0.2) is 0 Å². The highest BCUT2D eigenvalue weighted by molar-refractivity contribution is 6.31. The number of nitrogens with zero attached hydrogens (tertiary/aromatic N) is 2. The van der Waals surface area contributed by atoms with Gasteiger partial charge in [-0.3, -0.25) is 9.89 Å². The second kappa shape index (κ2) is 10.9. The Balaban J connectivity index is 1.35. The fraction of sp³-hybridized carbons (Fsp3) is 0.125. The van der Waals surface area contributed by atoms with Crippen LogP contribution in [0.3, 0.4) is 0 Å². The zero-order chi connectivity index (χ0) is 27.6. The van der Waals surface area contributed by atoms with Gasteiger partial charge in [0.2, 0.25) is 0 Å². The van der Waals surface area contributed by atoms with Gasteiger partial charge in [0.25, 0.3) is 5.91 Å². The minimum atomic E-state index is -0.416. The maximum absolute atomic E-state index is 13.7. The van der Waals surface area contributed by atoms with E-state index in [0.717, 1.165) is 33.6 Å². The molecule has 0 radical (unpaired) electrons. The van der Waals surface area contributed by atoms with Crippen molar-refractivity contribution in [3.05, 3.63) is 136 Å². The highest BCUT2D eigenvalue weighted by atomic mass is 35.5. The third kappa shape index (κ3) is 4.92. The number of carbonyl (C=O) groups is 1. The number of ether oxygens (including phenoxy) is 2. The summed E-state index contributed by atoms with van der Waals surface area (Å²) in [6.45, 7) is 0.643. The molecular formula is C32H25ClFN3O3. The lowest BCUT2D eigenvalue weighted by Gasteiger charge is -2.26. The van der Waals surface area contributed by atoms with Crippen molar-refractivity contribution in [3.63, 3.8) is 0 Å². The van der Waals surface area contributed by atoms with Crippen molar-refractivity contribution < 1.29 is 18.7 Å². The lowest BCUT2D eigenvalue weighted by Crippen LogP contribution is -2.29. The molecule has 0 bridgehead atoms. The van der Waals surface area contributed by atoms with Crippen molar-refractivity contribution in [1.82, 2.24) is 15.1 Å². The Bertz CT molecular complexity index is 1650. The molecule has 1 aliphatic rings. The number of rotatable bonds is 8. The summed E-state index contributed by atoms with van der Waals surface area (Å²) in [5.41, 5.74) is 5.40. The second-order valence-electron chi connectivity index (χ2n) is 9.50. The molecule has 1 aliphatic heterocycles. The van der Waals surface area contributed by atoms with E-state index in [2.05, 4.69) is 10.2 Å². The maximum atomic E-state index is 13.7. The summed E-state index contributed by atoms with van der Waals surface area (Å²) in [5.74, 6) is 0.919. The van der Waals surface area contributed by atoms with Gasteiger partial charge in [0.05, 0.1) is 18.8 Å². The SMILES string of the molecule is COc1ccc(-c2n[nH]c3c2C(c2ccc(OCc4ccccc4Cl)cc2)N(Cc2ccc(F)cc2)C3=O)cc1. The summed E-state index contributed by atoms with van der Waals surface area (Å²) in [6, 6.07) is 28.6. The average molecular weight is 554 g/mol. The Labute approximate surface area is 235 Å². The van der Waals surface area contributed by atoms with Gasteiger partial charge in [-0.25, -0.2) is 4.39 Å². The van der Waals surface area contributed by atoms with Gasteiger partial charge >= 0.3 is 0 Å². The first-order valence-corrected chi connectivity index (χ1v) is 13.1. The molecule has 200 valence electrons. The monoisotopic (exact) mass is 553 g/mol. The lowest BCUT2D eigenvalue weighted by molar-refractivity contribution is 0.0730. The van der Waals surface area contributed by atoms with Gasteiger partial charge in [-0.1, -0.05) is 54.1 Å². The zero-order valence-electron chi connectivity index (χ0n) is 21.6. The third-order valence-electron chi connectivity index (χ3n) is 7.04. The number of H-pyrrole nitrogens is 1. The van der Waals surface area contributed by atoms with Gasteiger partial charge in [-0.05, 0) is 65.7 Å². The average Bonchev–Trinajstić information content (AvgIpc) is 3.53. The van der Waals surface area contributed by atoms with Crippen molar-refractivity contribution >= 4 is 17.5 Å². The number of halogens is 2. The topological polar surface area (TPSA) is 67.5 Å². The molecule has 8 heteroatoms. The van der Waals surface area contributed by atoms with Crippen molar-refractivity contribution in [2.45, 2.75) is 19.2 Å². The van der Waals surface area contributed by atoms with Crippen LogP contribution in [0.2, 0.25) is 5.02 Å². The van der Waals surface area contributed by atoms with E-state index in [9.17, 15) is 9.18 Å².